The molecule has 1 unspecified atom stereocenters. The first-order chi connectivity index (χ1) is 12.1. The van der Waals surface area contributed by atoms with Gasteiger partial charge in [0.15, 0.2) is 0 Å². The highest BCUT2D eigenvalue weighted by atomic mass is 16.5. The van der Waals surface area contributed by atoms with Crippen molar-refractivity contribution < 1.29 is 9.47 Å². The molecule has 2 fully saturated rings. The molecular formula is C22H27NO2. The zero-order chi connectivity index (χ0) is 17.5. The fourth-order valence-corrected chi connectivity index (χ4v) is 4.28. The minimum atomic E-state index is -0.145. The zero-order valence-corrected chi connectivity index (χ0v) is 15.3. The Hall–Kier alpha value is -2.00. The average molecular weight is 337 g/mol. The second-order valence-electron chi connectivity index (χ2n) is 7.82. The van der Waals surface area contributed by atoms with Crippen molar-refractivity contribution in [3.8, 4) is 5.75 Å². The van der Waals surface area contributed by atoms with Gasteiger partial charge in [-0.25, -0.2) is 0 Å². The highest BCUT2D eigenvalue weighted by Crippen LogP contribution is 2.63. The van der Waals surface area contributed by atoms with Crippen LogP contribution >= 0.6 is 0 Å². The highest BCUT2D eigenvalue weighted by molar-refractivity contribution is 5.56. The van der Waals surface area contributed by atoms with E-state index in [1.165, 1.54) is 18.4 Å². The number of anilines is 1. The summed E-state index contributed by atoms with van der Waals surface area (Å²) in [6, 6.07) is 18.9. The van der Waals surface area contributed by atoms with Crippen LogP contribution in [0.25, 0.3) is 0 Å². The van der Waals surface area contributed by atoms with Gasteiger partial charge in [-0.05, 0) is 42.9 Å². The lowest BCUT2D eigenvalue weighted by Crippen LogP contribution is -2.40. The van der Waals surface area contributed by atoms with Crippen LogP contribution in [0.3, 0.4) is 0 Å². The van der Waals surface area contributed by atoms with Crippen LogP contribution in [0.2, 0.25) is 0 Å². The van der Waals surface area contributed by atoms with Gasteiger partial charge < -0.3 is 14.8 Å². The maximum absolute atomic E-state index is 6.68. The van der Waals surface area contributed by atoms with Crippen molar-refractivity contribution in [2.75, 3.05) is 12.4 Å². The minimum absolute atomic E-state index is 0.0102. The van der Waals surface area contributed by atoms with Gasteiger partial charge in [0.1, 0.15) is 12.0 Å². The monoisotopic (exact) mass is 337 g/mol. The van der Waals surface area contributed by atoms with Crippen LogP contribution in [0.1, 0.15) is 44.6 Å². The number of benzene rings is 2. The molecule has 0 spiro atoms. The molecule has 0 amide bonds. The predicted molar refractivity (Wildman–Crippen MR) is 101 cm³/mol. The molecular weight excluding hydrogens is 310 g/mol. The summed E-state index contributed by atoms with van der Waals surface area (Å²) in [5, 5.41) is 3.57. The van der Waals surface area contributed by atoms with Crippen molar-refractivity contribution in [3.63, 3.8) is 0 Å². The number of rotatable bonds is 5. The topological polar surface area (TPSA) is 30.5 Å². The number of methoxy groups -OCH3 is 1. The zero-order valence-electron chi connectivity index (χ0n) is 15.3. The van der Waals surface area contributed by atoms with E-state index in [0.717, 1.165) is 17.9 Å². The quantitative estimate of drug-likeness (QED) is 0.814. The van der Waals surface area contributed by atoms with E-state index < -0.39 is 0 Å². The van der Waals surface area contributed by atoms with Gasteiger partial charge in [-0.2, -0.15) is 0 Å². The summed E-state index contributed by atoms with van der Waals surface area (Å²) in [4.78, 5) is 0. The molecule has 25 heavy (non-hydrogen) atoms. The Kier molecular flexibility index (Phi) is 3.99. The van der Waals surface area contributed by atoms with Crippen LogP contribution in [-0.4, -0.2) is 18.9 Å². The van der Waals surface area contributed by atoms with Gasteiger partial charge in [0, 0.05) is 12.3 Å². The van der Waals surface area contributed by atoms with Gasteiger partial charge in [0.25, 0.3) is 0 Å². The van der Waals surface area contributed by atoms with E-state index in [9.17, 15) is 0 Å². The SMILES string of the molecule is COc1ccccc1NC1C[C@@H](c2ccccc2)[C@](C)(C2(C)CC2)O1. The largest absolute Gasteiger partial charge is 0.495 e. The van der Waals surface area contributed by atoms with Crippen molar-refractivity contribution in [2.24, 2.45) is 5.41 Å². The number of hydrogen-bond donors (Lipinski definition) is 1. The molecule has 3 nitrogen and oxygen atoms in total. The summed E-state index contributed by atoms with van der Waals surface area (Å²) in [5.41, 5.74) is 2.49. The maximum atomic E-state index is 6.68. The van der Waals surface area contributed by atoms with Crippen LogP contribution in [-0.2, 0) is 4.74 Å². The molecule has 132 valence electrons. The molecule has 1 aliphatic heterocycles. The molecule has 1 aliphatic carbocycles. The summed E-state index contributed by atoms with van der Waals surface area (Å²) in [6.07, 6.45) is 3.44. The lowest BCUT2D eigenvalue weighted by molar-refractivity contribution is -0.0711. The molecule has 3 heteroatoms. The third-order valence-corrected chi connectivity index (χ3v) is 6.33. The lowest BCUT2D eigenvalue weighted by Gasteiger charge is -2.37. The Bertz CT molecular complexity index is 741. The number of ether oxygens (including phenoxy) is 2. The van der Waals surface area contributed by atoms with E-state index in [2.05, 4.69) is 49.5 Å². The molecule has 1 saturated carbocycles. The van der Waals surface area contributed by atoms with Crippen molar-refractivity contribution in [1.82, 2.24) is 0 Å². The molecule has 0 aromatic heterocycles. The minimum Gasteiger partial charge on any atom is -0.495 e. The van der Waals surface area contributed by atoms with E-state index in [0.29, 0.717) is 5.92 Å². The Morgan fingerprint density at radius 3 is 2.36 bits per heavy atom. The molecule has 3 atom stereocenters. The van der Waals surface area contributed by atoms with E-state index in [1.54, 1.807) is 7.11 Å². The molecule has 1 N–H and O–H groups in total. The second kappa shape index (κ2) is 6.06. The van der Waals surface area contributed by atoms with Gasteiger partial charge in [-0.1, -0.05) is 49.4 Å². The van der Waals surface area contributed by atoms with Gasteiger partial charge >= 0.3 is 0 Å². The van der Waals surface area contributed by atoms with E-state index >= 15 is 0 Å². The average Bonchev–Trinajstić information content (AvgIpc) is 3.30. The first-order valence-corrected chi connectivity index (χ1v) is 9.18. The summed E-state index contributed by atoms with van der Waals surface area (Å²) in [7, 11) is 1.71. The smallest absolute Gasteiger partial charge is 0.142 e. The first kappa shape index (κ1) is 16.5. The first-order valence-electron chi connectivity index (χ1n) is 9.18. The fourth-order valence-electron chi connectivity index (χ4n) is 4.28. The standard InChI is InChI=1S/C22H27NO2/c1-21(13-14-21)22(2)17(16-9-5-4-6-10-16)15-20(25-22)23-18-11-7-8-12-19(18)24-3/h4-12,17,20,23H,13-15H2,1-3H3/t17-,20?,22+/m0/s1. The Labute approximate surface area is 150 Å². The molecule has 1 heterocycles. The Morgan fingerprint density at radius 2 is 1.68 bits per heavy atom. The summed E-state index contributed by atoms with van der Waals surface area (Å²) in [5.74, 6) is 1.25. The third-order valence-electron chi connectivity index (χ3n) is 6.33. The Balaban J connectivity index is 1.62. The molecule has 2 aromatic rings. The van der Waals surface area contributed by atoms with Gasteiger partial charge in [-0.3, -0.25) is 0 Å². The molecule has 2 aliphatic rings. The molecule has 1 saturated heterocycles. The fraction of sp³-hybridized carbons (Fsp3) is 0.455. The number of hydrogen-bond acceptors (Lipinski definition) is 3. The molecule has 4 rings (SSSR count). The molecule has 0 radical (unpaired) electrons. The summed E-state index contributed by atoms with van der Waals surface area (Å²) < 4.78 is 12.2. The van der Waals surface area contributed by atoms with Gasteiger partial charge in [0.05, 0.1) is 18.4 Å². The Morgan fingerprint density at radius 1 is 1.00 bits per heavy atom. The summed E-state index contributed by atoms with van der Waals surface area (Å²) in [6.45, 7) is 4.68. The van der Waals surface area contributed by atoms with Gasteiger partial charge in [0.2, 0.25) is 0 Å². The van der Waals surface area contributed by atoms with Crippen molar-refractivity contribution in [3.05, 3.63) is 60.2 Å². The highest BCUT2D eigenvalue weighted by Gasteiger charge is 2.61. The lowest BCUT2D eigenvalue weighted by atomic mass is 9.73. The van der Waals surface area contributed by atoms with Crippen molar-refractivity contribution in [2.45, 2.75) is 50.9 Å². The molecule has 2 aromatic carbocycles. The van der Waals surface area contributed by atoms with Crippen LogP contribution in [0.4, 0.5) is 5.69 Å². The van der Waals surface area contributed by atoms with Crippen LogP contribution in [0, 0.1) is 5.41 Å². The number of nitrogens with one attached hydrogen (secondary N) is 1. The van der Waals surface area contributed by atoms with Crippen LogP contribution < -0.4 is 10.1 Å². The predicted octanol–water partition coefficient (Wildman–Crippen LogP) is 5.20. The third kappa shape index (κ3) is 2.81. The molecule has 0 bridgehead atoms. The van der Waals surface area contributed by atoms with Crippen molar-refractivity contribution in [1.29, 1.82) is 0 Å². The van der Waals surface area contributed by atoms with E-state index in [4.69, 9.17) is 9.47 Å². The van der Waals surface area contributed by atoms with E-state index in [1.807, 2.05) is 24.3 Å². The van der Waals surface area contributed by atoms with Crippen molar-refractivity contribution >= 4 is 5.69 Å². The second-order valence-corrected chi connectivity index (χ2v) is 7.82. The van der Waals surface area contributed by atoms with Gasteiger partial charge in [-0.15, -0.1) is 0 Å². The summed E-state index contributed by atoms with van der Waals surface area (Å²) >= 11 is 0. The normalized spacial score (nSPS) is 30.0. The van der Waals surface area contributed by atoms with Crippen LogP contribution in [0.15, 0.2) is 54.6 Å². The van der Waals surface area contributed by atoms with Crippen LogP contribution in [0.5, 0.6) is 5.75 Å². The number of para-hydroxylation sites is 2. The van der Waals surface area contributed by atoms with E-state index in [-0.39, 0.29) is 17.2 Å². The maximum Gasteiger partial charge on any atom is 0.142 e.